The number of ketones is 1. The van der Waals surface area contributed by atoms with Gasteiger partial charge in [-0.25, -0.2) is 0 Å². The summed E-state index contributed by atoms with van der Waals surface area (Å²) in [7, 11) is 0. The van der Waals surface area contributed by atoms with E-state index in [2.05, 4.69) is 12.1 Å². The Balaban J connectivity index is 1.83. The van der Waals surface area contributed by atoms with Crippen molar-refractivity contribution in [3.05, 3.63) is 94.5 Å². The van der Waals surface area contributed by atoms with E-state index in [4.69, 9.17) is 28.6 Å². The van der Waals surface area contributed by atoms with Crippen LogP contribution >= 0.6 is 23.2 Å². The van der Waals surface area contributed by atoms with Gasteiger partial charge in [-0.2, -0.15) is 0 Å². The highest BCUT2D eigenvalue weighted by Crippen LogP contribution is 2.53. The third kappa shape index (κ3) is 3.29. The number of carbonyl (C=O) groups excluding carboxylic acids is 1. The van der Waals surface area contributed by atoms with Gasteiger partial charge in [-0.15, -0.1) is 23.2 Å². The first-order chi connectivity index (χ1) is 14.5. The molecule has 3 aromatic rings. The number of fused-ring (bicyclic) bond motifs is 3. The van der Waals surface area contributed by atoms with Crippen molar-refractivity contribution in [2.75, 3.05) is 11.8 Å². The minimum atomic E-state index is -0.309. The van der Waals surface area contributed by atoms with Gasteiger partial charge >= 0.3 is 0 Å². The fourth-order valence-electron chi connectivity index (χ4n) is 4.70. The second-order valence-corrected chi connectivity index (χ2v) is 8.54. The SMILES string of the molecule is Cc1ccccc1C(=N)C(=O)c1ccc2c(c1)C(CCCl)(CCCl)c1ccccc1-2. The number of benzene rings is 3. The van der Waals surface area contributed by atoms with E-state index in [0.29, 0.717) is 22.9 Å². The first kappa shape index (κ1) is 20.8. The molecule has 0 radical (unpaired) electrons. The zero-order valence-electron chi connectivity index (χ0n) is 16.8. The maximum absolute atomic E-state index is 13.2. The Morgan fingerprint density at radius 3 is 2.20 bits per heavy atom. The summed E-state index contributed by atoms with van der Waals surface area (Å²) >= 11 is 12.5. The zero-order valence-corrected chi connectivity index (χ0v) is 18.4. The van der Waals surface area contributed by atoms with E-state index in [0.717, 1.165) is 29.5 Å². The molecule has 152 valence electrons. The molecule has 0 fully saturated rings. The van der Waals surface area contributed by atoms with Crippen molar-refractivity contribution in [2.24, 2.45) is 0 Å². The van der Waals surface area contributed by atoms with Crippen LogP contribution in [0, 0.1) is 12.3 Å². The Morgan fingerprint density at radius 2 is 1.50 bits per heavy atom. The quantitative estimate of drug-likeness (QED) is 0.248. The van der Waals surface area contributed by atoms with Crippen LogP contribution in [-0.2, 0) is 5.41 Å². The number of alkyl halides is 2. The number of halogens is 2. The summed E-state index contributed by atoms with van der Waals surface area (Å²) in [6.07, 6.45) is 1.50. The molecule has 1 aliphatic rings. The molecule has 2 nitrogen and oxygen atoms in total. The average molecular weight is 436 g/mol. The van der Waals surface area contributed by atoms with Gasteiger partial charge in [-0.05, 0) is 53.6 Å². The molecule has 1 N–H and O–H groups in total. The van der Waals surface area contributed by atoms with Crippen LogP contribution in [0.3, 0.4) is 0 Å². The maximum atomic E-state index is 13.2. The lowest BCUT2D eigenvalue weighted by Gasteiger charge is -2.31. The van der Waals surface area contributed by atoms with Crippen LogP contribution in [0.1, 0.15) is 45.5 Å². The van der Waals surface area contributed by atoms with E-state index in [-0.39, 0.29) is 16.9 Å². The molecule has 30 heavy (non-hydrogen) atoms. The van der Waals surface area contributed by atoms with E-state index in [1.807, 2.05) is 61.5 Å². The monoisotopic (exact) mass is 435 g/mol. The molecule has 1 aliphatic carbocycles. The van der Waals surface area contributed by atoms with Crippen molar-refractivity contribution in [3.63, 3.8) is 0 Å². The lowest BCUT2D eigenvalue weighted by molar-refractivity contribution is 0.106. The van der Waals surface area contributed by atoms with E-state index in [1.165, 1.54) is 11.1 Å². The van der Waals surface area contributed by atoms with Crippen molar-refractivity contribution in [1.82, 2.24) is 0 Å². The highest BCUT2D eigenvalue weighted by atomic mass is 35.5. The van der Waals surface area contributed by atoms with Gasteiger partial charge in [-0.1, -0.05) is 60.7 Å². The number of aryl methyl sites for hydroxylation is 1. The molecule has 0 heterocycles. The summed E-state index contributed by atoms with van der Waals surface area (Å²) in [6, 6.07) is 21.7. The lowest BCUT2D eigenvalue weighted by atomic mass is 9.73. The summed E-state index contributed by atoms with van der Waals surface area (Å²) in [5.74, 6) is 0.734. The van der Waals surface area contributed by atoms with Crippen molar-refractivity contribution in [1.29, 1.82) is 5.41 Å². The van der Waals surface area contributed by atoms with Crippen molar-refractivity contribution < 1.29 is 4.79 Å². The number of carbonyl (C=O) groups is 1. The molecule has 4 rings (SSSR count). The van der Waals surface area contributed by atoms with E-state index in [9.17, 15) is 4.79 Å². The molecule has 0 spiro atoms. The number of hydrogen-bond donors (Lipinski definition) is 1. The van der Waals surface area contributed by atoms with Crippen LogP contribution in [0.25, 0.3) is 11.1 Å². The molecule has 0 aromatic heterocycles. The highest BCUT2D eigenvalue weighted by Gasteiger charge is 2.42. The number of Topliss-reactive ketones (excluding diaryl/α,β-unsaturated/α-hetero) is 1. The summed E-state index contributed by atoms with van der Waals surface area (Å²) in [5, 5.41) is 8.51. The number of rotatable bonds is 7. The molecule has 4 heteroatoms. The van der Waals surface area contributed by atoms with Crippen LogP contribution in [0.5, 0.6) is 0 Å². The first-order valence-corrected chi connectivity index (χ1v) is 11.2. The molecule has 0 bridgehead atoms. The standard InChI is InChI=1S/C26H23Cl2NO/c1-17-6-2-3-7-19(17)24(29)25(30)18-10-11-21-20-8-4-5-9-22(20)26(12-14-27,13-15-28)23(21)16-18/h2-11,16,29H,12-15H2,1H3. The second-order valence-electron chi connectivity index (χ2n) is 7.79. The first-order valence-electron chi connectivity index (χ1n) is 10.1. The smallest absolute Gasteiger partial charge is 0.211 e. The zero-order chi connectivity index (χ0) is 21.3. The minimum Gasteiger partial charge on any atom is -0.296 e. The second kappa shape index (κ2) is 8.37. The van der Waals surface area contributed by atoms with Gasteiger partial charge in [0.25, 0.3) is 0 Å². The predicted molar refractivity (Wildman–Crippen MR) is 126 cm³/mol. The predicted octanol–water partition coefficient (Wildman–Crippen LogP) is 6.77. The third-order valence-electron chi connectivity index (χ3n) is 6.21. The van der Waals surface area contributed by atoms with Crippen molar-refractivity contribution >= 4 is 34.7 Å². The Hall–Kier alpha value is -2.42. The summed E-state index contributed by atoms with van der Waals surface area (Å²) in [6.45, 7) is 1.92. The van der Waals surface area contributed by atoms with Gasteiger partial charge in [0.15, 0.2) is 0 Å². The normalized spacial score (nSPS) is 13.6. The van der Waals surface area contributed by atoms with Crippen LogP contribution in [0.15, 0.2) is 66.7 Å². The van der Waals surface area contributed by atoms with Gasteiger partial charge in [0, 0.05) is 28.3 Å². The van der Waals surface area contributed by atoms with Crippen LogP contribution in [0.2, 0.25) is 0 Å². The van der Waals surface area contributed by atoms with Gasteiger partial charge in [-0.3, -0.25) is 10.2 Å². The average Bonchev–Trinajstić information content (AvgIpc) is 3.03. The fraction of sp³-hybridized carbons (Fsp3) is 0.231. The topological polar surface area (TPSA) is 40.9 Å². The summed E-state index contributed by atoms with van der Waals surface area (Å²) in [4.78, 5) is 13.2. The molecule has 0 atom stereocenters. The Morgan fingerprint density at radius 1 is 0.867 bits per heavy atom. The van der Waals surface area contributed by atoms with Gasteiger partial charge in [0.05, 0.1) is 0 Å². The molecule has 0 saturated heterocycles. The van der Waals surface area contributed by atoms with Gasteiger partial charge in [0.1, 0.15) is 5.71 Å². The molecular weight excluding hydrogens is 413 g/mol. The molecule has 0 saturated carbocycles. The molecular formula is C26H23Cl2NO. The molecule has 0 unspecified atom stereocenters. The third-order valence-corrected chi connectivity index (χ3v) is 6.59. The Labute approximate surface area is 187 Å². The Kier molecular flexibility index (Phi) is 5.81. The highest BCUT2D eigenvalue weighted by molar-refractivity contribution is 6.50. The van der Waals surface area contributed by atoms with Gasteiger partial charge < -0.3 is 0 Å². The minimum absolute atomic E-state index is 0.0175. The lowest BCUT2D eigenvalue weighted by Crippen LogP contribution is -2.27. The largest absolute Gasteiger partial charge is 0.296 e. The van der Waals surface area contributed by atoms with Crippen LogP contribution in [-0.4, -0.2) is 23.3 Å². The van der Waals surface area contributed by atoms with Crippen molar-refractivity contribution in [3.8, 4) is 11.1 Å². The molecule has 0 aliphatic heterocycles. The maximum Gasteiger partial charge on any atom is 0.211 e. The number of hydrogen-bond acceptors (Lipinski definition) is 2. The van der Waals surface area contributed by atoms with Crippen LogP contribution in [0.4, 0.5) is 0 Å². The summed E-state index contributed by atoms with van der Waals surface area (Å²) < 4.78 is 0. The van der Waals surface area contributed by atoms with E-state index >= 15 is 0 Å². The van der Waals surface area contributed by atoms with Gasteiger partial charge in [0.2, 0.25) is 5.78 Å². The number of nitrogens with one attached hydrogen (secondary N) is 1. The fourth-order valence-corrected chi connectivity index (χ4v) is 5.35. The molecule has 3 aromatic carbocycles. The Bertz CT molecular complexity index is 1130. The summed E-state index contributed by atoms with van der Waals surface area (Å²) in [5.41, 5.74) is 6.44. The van der Waals surface area contributed by atoms with Crippen molar-refractivity contribution in [2.45, 2.75) is 25.2 Å². The molecule has 0 amide bonds. The van der Waals surface area contributed by atoms with E-state index in [1.54, 1.807) is 0 Å². The van der Waals surface area contributed by atoms with Crippen LogP contribution < -0.4 is 0 Å². The van der Waals surface area contributed by atoms with E-state index < -0.39 is 0 Å².